The smallest absolute Gasteiger partial charge is 0.157 e. The Kier molecular flexibility index (Phi) is 3.48. The summed E-state index contributed by atoms with van der Waals surface area (Å²) in [4.78, 5) is 0. The summed E-state index contributed by atoms with van der Waals surface area (Å²) in [5.74, 6) is 0. The van der Waals surface area contributed by atoms with Gasteiger partial charge >= 0.3 is 0 Å². The summed E-state index contributed by atoms with van der Waals surface area (Å²) >= 11 is 5.87. The minimum atomic E-state index is 0.813. The maximum absolute atomic E-state index is 5.87. The normalized spacial score (nSPS) is 9.58. The topological polar surface area (TPSA) is 12.0 Å². The highest BCUT2D eigenvalue weighted by molar-refractivity contribution is 6.54. The molecule has 0 heterocycles. The van der Waals surface area contributed by atoms with Gasteiger partial charge in [-0.15, -0.1) is 0 Å². The summed E-state index contributed by atoms with van der Waals surface area (Å²) in [6.45, 7) is 5.18. The highest BCUT2D eigenvalue weighted by atomic mass is 35.5. The minimum absolute atomic E-state index is 0.813. The fraction of sp³-hybridized carbons (Fsp3) is 0.333. The van der Waals surface area contributed by atoms with Crippen molar-refractivity contribution in [2.45, 2.75) is 13.7 Å². The van der Waals surface area contributed by atoms with Gasteiger partial charge in [0.1, 0.15) is 0 Å². The molecule has 0 fully saturated rings. The van der Waals surface area contributed by atoms with Gasteiger partial charge in [0.25, 0.3) is 0 Å². The number of hydrogen-bond donors (Lipinski definition) is 1. The molecule has 0 aliphatic heterocycles. The van der Waals surface area contributed by atoms with E-state index in [4.69, 9.17) is 11.6 Å². The van der Waals surface area contributed by atoms with Gasteiger partial charge in [0, 0.05) is 17.3 Å². The molecule has 1 rings (SSSR count). The molecular formula is C9H13BClN. The van der Waals surface area contributed by atoms with Crippen LogP contribution in [0.25, 0.3) is 0 Å². The first-order valence-electron chi connectivity index (χ1n) is 4.30. The molecule has 0 atom stereocenters. The van der Waals surface area contributed by atoms with Gasteiger partial charge in [-0.05, 0) is 25.1 Å². The lowest BCUT2D eigenvalue weighted by Crippen LogP contribution is -2.17. The molecule has 1 aromatic carbocycles. The predicted molar refractivity (Wildman–Crippen MR) is 58.3 cm³/mol. The molecule has 0 spiro atoms. The van der Waals surface area contributed by atoms with Crippen molar-refractivity contribution in [2.75, 3.05) is 11.9 Å². The summed E-state index contributed by atoms with van der Waals surface area (Å²) in [6, 6.07) is 5.96. The Hall–Kier alpha value is -0.625. The number of anilines is 1. The molecule has 0 aliphatic rings. The van der Waals surface area contributed by atoms with Crippen LogP contribution >= 0.6 is 11.6 Å². The second-order valence-electron chi connectivity index (χ2n) is 2.69. The SMILES string of the molecule is CBc1cc(Cl)ccc1NCC. The monoisotopic (exact) mass is 181 g/mol. The van der Waals surface area contributed by atoms with Crippen LogP contribution in [0, 0.1) is 0 Å². The molecule has 0 saturated heterocycles. The van der Waals surface area contributed by atoms with E-state index in [1.165, 1.54) is 11.2 Å². The van der Waals surface area contributed by atoms with Gasteiger partial charge in [-0.1, -0.05) is 23.9 Å². The summed E-state index contributed by atoms with van der Waals surface area (Å²) in [6.07, 6.45) is 0. The van der Waals surface area contributed by atoms with Crippen LogP contribution in [0.1, 0.15) is 6.92 Å². The summed E-state index contributed by atoms with van der Waals surface area (Å²) in [7, 11) is 1.02. The molecule has 1 N–H and O–H groups in total. The molecule has 0 aliphatic carbocycles. The molecule has 0 bridgehead atoms. The van der Waals surface area contributed by atoms with Crippen molar-refractivity contribution in [1.82, 2.24) is 0 Å². The van der Waals surface area contributed by atoms with Gasteiger partial charge in [-0.2, -0.15) is 0 Å². The molecule has 64 valence electrons. The van der Waals surface area contributed by atoms with Crippen LogP contribution in [0.15, 0.2) is 18.2 Å². The van der Waals surface area contributed by atoms with E-state index >= 15 is 0 Å². The molecule has 12 heavy (non-hydrogen) atoms. The quantitative estimate of drug-likeness (QED) is 0.702. The van der Waals surface area contributed by atoms with Gasteiger partial charge in [-0.25, -0.2) is 0 Å². The molecule has 0 saturated carbocycles. The van der Waals surface area contributed by atoms with Crippen molar-refractivity contribution in [3.05, 3.63) is 23.2 Å². The minimum Gasteiger partial charge on any atom is -0.386 e. The Morgan fingerprint density at radius 3 is 2.83 bits per heavy atom. The molecule has 0 amide bonds. The fourth-order valence-electron chi connectivity index (χ4n) is 1.22. The second-order valence-corrected chi connectivity index (χ2v) is 3.12. The van der Waals surface area contributed by atoms with Crippen molar-refractivity contribution >= 4 is 30.0 Å². The second kappa shape index (κ2) is 4.41. The van der Waals surface area contributed by atoms with E-state index < -0.39 is 0 Å². The highest BCUT2D eigenvalue weighted by Crippen LogP contribution is 2.10. The first-order valence-corrected chi connectivity index (χ1v) is 4.68. The van der Waals surface area contributed by atoms with E-state index in [9.17, 15) is 0 Å². The van der Waals surface area contributed by atoms with E-state index in [1.54, 1.807) is 0 Å². The fourth-order valence-corrected chi connectivity index (χ4v) is 1.41. The largest absolute Gasteiger partial charge is 0.386 e. The Balaban J connectivity index is 2.94. The molecular weight excluding hydrogens is 168 g/mol. The zero-order valence-corrected chi connectivity index (χ0v) is 8.28. The Morgan fingerprint density at radius 1 is 1.50 bits per heavy atom. The summed E-state index contributed by atoms with van der Waals surface area (Å²) in [5, 5.41) is 4.11. The third-order valence-corrected chi connectivity index (χ3v) is 2.05. The van der Waals surface area contributed by atoms with Gasteiger partial charge in [0.05, 0.1) is 0 Å². The van der Waals surface area contributed by atoms with E-state index in [-0.39, 0.29) is 0 Å². The van der Waals surface area contributed by atoms with Gasteiger partial charge in [-0.3, -0.25) is 0 Å². The molecule has 1 nitrogen and oxygen atoms in total. The number of halogens is 1. The van der Waals surface area contributed by atoms with Gasteiger partial charge in [0.15, 0.2) is 7.28 Å². The van der Waals surface area contributed by atoms with Crippen LogP contribution in [0.3, 0.4) is 0 Å². The first kappa shape index (κ1) is 9.46. The van der Waals surface area contributed by atoms with Crippen LogP contribution in [-0.2, 0) is 0 Å². The Labute approximate surface area is 79.4 Å². The third kappa shape index (κ3) is 2.18. The zero-order chi connectivity index (χ0) is 8.97. The third-order valence-electron chi connectivity index (χ3n) is 1.82. The van der Waals surface area contributed by atoms with Crippen LogP contribution < -0.4 is 10.8 Å². The Morgan fingerprint density at radius 2 is 2.25 bits per heavy atom. The maximum Gasteiger partial charge on any atom is 0.157 e. The van der Waals surface area contributed by atoms with Crippen molar-refractivity contribution in [2.24, 2.45) is 0 Å². The highest BCUT2D eigenvalue weighted by Gasteiger charge is 1.99. The van der Waals surface area contributed by atoms with Gasteiger partial charge in [0.2, 0.25) is 0 Å². The van der Waals surface area contributed by atoms with E-state index in [1.807, 2.05) is 18.2 Å². The first-order chi connectivity index (χ1) is 5.77. The van der Waals surface area contributed by atoms with E-state index in [2.05, 4.69) is 19.1 Å². The number of nitrogens with one attached hydrogen (secondary N) is 1. The van der Waals surface area contributed by atoms with Crippen LogP contribution in [0.5, 0.6) is 0 Å². The lowest BCUT2D eigenvalue weighted by Gasteiger charge is -2.08. The van der Waals surface area contributed by atoms with E-state index in [0.717, 1.165) is 18.8 Å². The average molecular weight is 181 g/mol. The maximum atomic E-state index is 5.87. The summed E-state index contributed by atoms with van der Waals surface area (Å²) < 4.78 is 0. The van der Waals surface area contributed by atoms with Crippen LogP contribution in [0.2, 0.25) is 11.8 Å². The Bertz CT molecular complexity index is 263. The standard InChI is InChI=1S/C9H13BClN/c1-3-12-9-5-4-7(11)6-8(9)10-2/h4-6,10,12H,3H2,1-2H3. The van der Waals surface area contributed by atoms with Crippen molar-refractivity contribution in [3.8, 4) is 0 Å². The molecule has 1 aromatic rings. The molecule has 0 unspecified atom stereocenters. The van der Waals surface area contributed by atoms with Gasteiger partial charge < -0.3 is 5.32 Å². The van der Waals surface area contributed by atoms with Crippen molar-refractivity contribution in [1.29, 1.82) is 0 Å². The molecule has 3 heteroatoms. The summed E-state index contributed by atoms with van der Waals surface area (Å²) in [5.41, 5.74) is 2.48. The number of rotatable bonds is 3. The molecule has 0 radical (unpaired) electrons. The van der Waals surface area contributed by atoms with E-state index in [0.29, 0.717) is 0 Å². The lowest BCUT2D eigenvalue weighted by atomic mass is 9.72. The number of hydrogen-bond acceptors (Lipinski definition) is 1. The van der Waals surface area contributed by atoms with Crippen molar-refractivity contribution < 1.29 is 0 Å². The predicted octanol–water partition coefficient (Wildman–Crippen LogP) is 1.88. The van der Waals surface area contributed by atoms with Crippen LogP contribution in [0.4, 0.5) is 5.69 Å². The van der Waals surface area contributed by atoms with Crippen LogP contribution in [-0.4, -0.2) is 13.8 Å². The zero-order valence-electron chi connectivity index (χ0n) is 7.52. The average Bonchev–Trinajstić information content (AvgIpc) is 2.08. The molecule has 0 aromatic heterocycles. The lowest BCUT2D eigenvalue weighted by molar-refractivity contribution is 1.22. The number of benzene rings is 1. The van der Waals surface area contributed by atoms with Crippen molar-refractivity contribution in [3.63, 3.8) is 0 Å².